The van der Waals surface area contributed by atoms with Crippen molar-refractivity contribution in [1.29, 1.82) is 0 Å². The largest absolute Gasteiger partial charge is 0.392 e. The van der Waals surface area contributed by atoms with Crippen molar-refractivity contribution in [2.24, 2.45) is 0 Å². The van der Waals surface area contributed by atoms with Gasteiger partial charge < -0.3 is 10.0 Å². The first kappa shape index (κ1) is 14.9. The normalized spacial score (nSPS) is 15.8. The van der Waals surface area contributed by atoms with E-state index in [1.165, 1.54) is 11.8 Å². The third kappa shape index (κ3) is 3.40. The highest BCUT2D eigenvalue weighted by molar-refractivity contribution is 7.86. The molecule has 0 heterocycles. The van der Waals surface area contributed by atoms with E-state index in [0.29, 0.717) is 4.90 Å². The maximum absolute atomic E-state index is 12.3. The lowest BCUT2D eigenvalue weighted by Gasteiger charge is -2.22. The number of hydrogen-bond donors (Lipinski definition) is 1. The van der Waals surface area contributed by atoms with E-state index >= 15 is 0 Å². The summed E-state index contributed by atoms with van der Waals surface area (Å²) in [5, 5.41) is 8.75. The number of hydrogen-bond acceptors (Lipinski definition) is 3. The number of carbonyl (C=O) groups is 1. The maximum Gasteiger partial charge on any atom is 0.240 e. The number of benzene rings is 1. The molecule has 5 heteroatoms. The summed E-state index contributed by atoms with van der Waals surface area (Å²) in [5.74, 6) is -0.330. The van der Waals surface area contributed by atoms with Gasteiger partial charge >= 0.3 is 0 Å². The van der Waals surface area contributed by atoms with Crippen molar-refractivity contribution in [3.63, 3.8) is 0 Å². The molecule has 0 radical (unpaired) electrons. The van der Waals surface area contributed by atoms with E-state index in [1.807, 2.05) is 19.1 Å². The molecular formula is C13H19NO3S. The third-order valence-corrected chi connectivity index (χ3v) is 4.40. The van der Waals surface area contributed by atoms with Crippen LogP contribution in [0.1, 0.15) is 12.5 Å². The zero-order valence-electron chi connectivity index (χ0n) is 11.1. The van der Waals surface area contributed by atoms with Crippen molar-refractivity contribution in [2.45, 2.75) is 30.1 Å². The highest BCUT2D eigenvalue weighted by Gasteiger charge is 2.32. The van der Waals surface area contributed by atoms with Crippen molar-refractivity contribution in [3.8, 4) is 0 Å². The molecule has 0 saturated carbocycles. The van der Waals surface area contributed by atoms with Crippen molar-refractivity contribution in [2.75, 3.05) is 14.1 Å². The van der Waals surface area contributed by atoms with E-state index in [0.717, 1.165) is 5.56 Å². The van der Waals surface area contributed by atoms with Gasteiger partial charge in [-0.05, 0) is 26.0 Å². The second kappa shape index (κ2) is 6.11. The number of aryl methyl sites for hydroxylation is 1. The van der Waals surface area contributed by atoms with E-state index in [-0.39, 0.29) is 5.91 Å². The highest BCUT2D eigenvalue weighted by atomic mass is 32.2. The van der Waals surface area contributed by atoms with Crippen LogP contribution in [0.15, 0.2) is 29.2 Å². The molecule has 0 spiro atoms. The molecule has 1 N–H and O–H groups in total. The molecule has 3 unspecified atom stereocenters. The predicted octanol–water partition coefficient (Wildman–Crippen LogP) is 0.940. The van der Waals surface area contributed by atoms with Crippen LogP contribution < -0.4 is 0 Å². The zero-order chi connectivity index (χ0) is 13.9. The van der Waals surface area contributed by atoms with Crippen LogP contribution in [0.3, 0.4) is 0 Å². The lowest BCUT2D eigenvalue weighted by Crippen LogP contribution is -2.43. The topological polar surface area (TPSA) is 57.6 Å². The van der Waals surface area contributed by atoms with Gasteiger partial charge in [-0.3, -0.25) is 9.00 Å². The van der Waals surface area contributed by atoms with E-state index in [9.17, 15) is 14.1 Å². The molecule has 3 atom stereocenters. The minimum Gasteiger partial charge on any atom is -0.392 e. The summed E-state index contributed by atoms with van der Waals surface area (Å²) in [5.41, 5.74) is 1.06. The fourth-order valence-electron chi connectivity index (χ4n) is 1.55. The Hall–Kier alpha value is -1.20. The summed E-state index contributed by atoms with van der Waals surface area (Å²) in [4.78, 5) is 13.8. The summed E-state index contributed by atoms with van der Waals surface area (Å²) in [6.07, 6.45) is -0.956. The monoisotopic (exact) mass is 269 g/mol. The van der Waals surface area contributed by atoms with Gasteiger partial charge in [-0.25, -0.2) is 0 Å². The Morgan fingerprint density at radius 2 is 1.78 bits per heavy atom. The lowest BCUT2D eigenvalue weighted by molar-refractivity contribution is -0.129. The number of aliphatic hydroxyl groups is 1. The molecule has 100 valence electrons. The van der Waals surface area contributed by atoms with Crippen molar-refractivity contribution in [1.82, 2.24) is 4.90 Å². The van der Waals surface area contributed by atoms with Crippen molar-refractivity contribution in [3.05, 3.63) is 29.8 Å². The van der Waals surface area contributed by atoms with Gasteiger partial charge in [-0.1, -0.05) is 17.7 Å². The fourth-order valence-corrected chi connectivity index (χ4v) is 3.00. The molecular weight excluding hydrogens is 250 g/mol. The van der Waals surface area contributed by atoms with Crippen LogP contribution in [0.2, 0.25) is 0 Å². The Bertz CT molecular complexity index is 440. The second-order valence-electron chi connectivity index (χ2n) is 4.50. The summed E-state index contributed by atoms with van der Waals surface area (Å²) >= 11 is 0. The van der Waals surface area contributed by atoms with Gasteiger partial charge in [0.25, 0.3) is 0 Å². The van der Waals surface area contributed by atoms with Gasteiger partial charge in [0.05, 0.1) is 16.9 Å². The Balaban J connectivity index is 3.04. The second-order valence-corrected chi connectivity index (χ2v) is 6.08. The first-order valence-corrected chi connectivity index (χ1v) is 6.92. The predicted molar refractivity (Wildman–Crippen MR) is 71.8 cm³/mol. The first-order valence-electron chi connectivity index (χ1n) is 5.71. The molecule has 18 heavy (non-hydrogen) atoms. The fraction of sp³-hybridized carbons (Fsp3) is 0.462. The van der Waals surface area contributed by atoms with Gasteiger partial charge in [-0.15, -0.1) is 0 Å². The molecule has 0 bridgehead atoms. The Morgan fingerprint density at radius 3 is 2.17 bits per heavy atom. The number of rotatable bonds is 4. The van der Waals surface area contributed by atoms with Gasteiger partial charge in [0.2, 0.25) is 5.91 Å². The third-order valence-electron chi connectivity index (χ3n) is 2.61. The molecule has 0 aliphatic carbocycles. The van der Waals surface area contributed by atoms with Crippen LogP contribution in [0.5, 0.6) is 0 Å². The van der Waals surface area contributed by atoms with Gasteiger partial charge in [-0.2, -0.15) is 0 Å². The minimum atomic E-state index is -1.55. The van der Waals surface area contributed by atoms with Crippen molar-refractivity contribution >= 4 is 16.7 Å². The molecule has 4 nitrogen and oxygen atoms in total. The number of aliphatic hydroxyl groups excluding tert-OH is 1. The Morgan fingerprint density at radius 1 is 1.28 bits per heavy atom. The van der Waals surface area contributed by atoms with E-state index < -0.39 is 22.2 Å². The number of carbonyl (C=O) groups excluding carboxylic acids is 1. The quantitative estimate of drug-likeness (QED) is 0.885. The molecule has 0 aliphatic heterocycles. The SMILES string of the molecule is Cc1ccc(S(=O)C(C(=O)N(C)C)C(C)O)cc1. The Labute approximate surface area is 110 Å². The van der Waals surface area contributed by atoms with Crippen molar-refractivity contribution < 1.29 is 14.1 Å². The van der Waals surface area contributed by atoms with E-state index in [4.69, 9.17) is 0 Å². The van der Waals surface area contributed by atoms with Crippen LogP contribution in [0.4, 0.5) is 0 Å². The standard InChI is InChI=1S/C13H19NO3S/c1-9-5-7-11(8-6-9)18(17)12(10(2)15)13(16)14(3)4/h5-8,10,12,15H,1-4H3. The minimum absolute atomic E-state index is 0.330. The summed E-state index contributed by atoms with van der Waals surface area (Å²) in [7, 11) is 1.62. The molecule has 1 aromatic carbocycles. The molecule has 0 saturated heterocycles. The summed E-state index contributed by atoms with van der Waals surface area (Å²) in [6, 6.07) is 7.13. The van der Waals surface area contributed by atoms with Gasteiger partial charge in [0.1, 0.15) is 5.25 Å². The van der Waals surface area contributed by atoms with Crippen LogP contribution in [0.25, 0.3) is 0 Å². The van der Waals surface area contributed by atoms with E-state index in [1.54, 1.807) is 26.2 Å². The van der Waals surface area contributed by atoms with Crippen LogP contribution in [-0.4, -0.2) is 45.6 Å². The van der Waals surface area contributed by atoms with E-state index in [2.05, 4.69) is 0 Å². The maximum atomic E-state index is 12.3. The lowest BCUT2D eigenvalue weighted by atomic mass is 10.2. The average molecular weight is 269 g/mol. The van der Waals surface area contributed by atoms with Crippen LogP contribution >= 0.6 is 0 Å². The number of amides is 1. The summed E-state index contributed by atoms with van der Waals surface area (Å²) < 4.78 is 12.3. The molecule has 1 aromatic rings. The van der Waals surface area contributed by atoms with Gasteiger partial charge in [0, 0.05) is 19.0 Å². The Kier molecular flexibility index (Phi) is 5.04. The molecule has 0 aliphatic rings. The number of nitrogens with zero attached hydrogens (tertiary/aromatic N) is 1. The summed E-state index contributed by atoms with van der Waals surface area (Å²) in [6.45, 7) is 3.42. The van der Waals surface area contributed by atoms with Crippen LogP contribution in [0, 0.1) is 6.92 Å². The first-order chi connectivity index (χ1) is 8.34. The average Bonchev–Trinajstić information content (AvgIpc) is 2.29. The zero-order valence-corrected chi connectivity index (χ0v) is 11.9. The smallest absolute Gasteiger partial charge is 0.240 e. The molecule has 0 aromatic heterocycles. The van der Waals surface area contributed by atoms with Crippen LogP contribution in [-0.2, 0) is 15.6 Å². The molecule has 1 amide bonds. The van der Waals surface area contributed by atoms with Gasteiger partial charge in [0.15, 0.2) is 0 Å². The molecule has 1 rings (SSSR count). The highest BCUT2D eigenvalue weighted by Crippen LogP contribution is 2.16. The molecule has 0 fully saturated rings.